The first-order valence-electron chi connectivity index (χ1n) is 10.0. The summed E-state index contributed by atoms with van der Waals surface area (Å²) in [6, 6.07) is 10.1. The Bertz CT molecular complexity index is 1010. The van der Waals surface area contributed by atoms with E-state index >= 15 is 0 Å². The number of hydrogen-bond acceptors (Lipinski definition) is 4. The monoisotopic (exact) mass is 375 g/mol. The van der Waals surface area contributed by atoms with Crippen LogP contribution in [0.4, 0.5) is 0 Å². The molecule has 1 N–H and O–H groups in total. The number of benzene rings is 1. The summed E-state index contributed by atoms with van der Waals surface area (Å²) in [6.07, 6.45) is 5.84. The molecule has 6 nitrogen and oxygen atoms in total. The standard InChI is InChI=1S/C22H25N5O/c1-15-21(25-14-24-15)13-26-10-16-4-6-19(12-26)27(11-16)22(28)18-5-7-20-17(9-18)3-2-8-23-20/h2-3,5,7-9,14,16,19H,4,6,10-13H2,1H3,(H,24,25)/t16-,19+/m0/s1. The number of carbonyl (C=O) groups is 1. The third-order valence-corrected chi connectivity index (χ3v) is 6.21. The molecule has 2 atom stereocenters. The summed E-state index contributed by atoms with van der Waals surface area (Å²) in [6.45, 7) is 5.73. The topological polar surface area (TPSA) is 65.1 Å². The van der Waals surface area contributed by atoms with Crippen LogP contribution in [-0.4, -0.2) is 56.3 Å². The predicted octanol–water partition coefficient (Wildman–Crippen LogP) is 3.00. The number of fused-ring (bicyclic) bond motifs is 5. The maximum Gasteiger partial charge on any atom is 0.254 e. The van der Waals surface area contributed by atoms with E-state index in [9.17, 15) is 4.79 Å². The molecule has 0 spiro atoms. The van der Waals surface area contributed by atoms with Gasteiger partial charge in [-0.15, -0.1) is 0 Å². The molecular formula is C22H25N5O. The van der Waals surface area contributed by atoms with Crippen molar-refractivity contribution in [3.8, 4) is 0 Å². The van der Waals surface area contributed by atoms with Crippen LogP contribution in [0.2, 0.25) is 0 Å². The number of hydrogen-bond donors (Lipinski definition) is 1. The zero-order valence-corrected chi connectivity index (χ0v) is 16.1. The van der Waals surface area contributed by atoms with E-state index in [0.29, 0.717) is 5.92 Å². The minimum absolute atomic E-state index is 0.151. The van der Waals surface area contributed by atoms with Crippen LogP contribution in [0, 0.1) is 12.8 Å². The lowest BCUT2D eigenvalue weighted by Gasteiger charge is -2.36. The van der Waals surface area contributed by atoms with Crippen molar-refractivity contribution in [3.63, 3.8) is 0 Å². The fourth-order valence-electron chi connectivity index (χ4n) is 4.69. The van der Waals surface area contributed by atoms with Crippen molar-refractivity contribution in [1.82, 2.24) is 24.8 Å². The summed E-state index contributed by atoms with van der Waals surface area (Å²) < 4.78 is 0. The number of nitrogens with one attached hydrogen (secondary N) is 1. The van der Waals surface area contributed by atoms with Crippen LogP contribution in [0.15, 0.2) is 42.9 Å². The molecule has 144 valence electrons. The van der Waals surface area contributed by atoms with Gasteiger partial charge in [0.25, 0.3) is 5.91 Å². The molecule has 0 saturated carbocycles. The Morgan fingerprint density at radius 3 is 2.96 bits per heavy atom. The van der Waals surface area contributed by atoms with Gasteiger partial charge in [0.1, 0.15) is 0 Å². The van der Waals surface area contributed by atoms with Crippen molar-refractivity contribution in [2.24, 2.45) is 5.92 Å². The van der Waals surface area contributed by atoms with Gasteiger partial charge in [-0.2, -0.15) is 0 Å². The first kappa shape index (κ1) is 17.4. The molecule has 3 aliphatic rings. The molecule has 6 heteroatoms. The lowest BCUT2D eigenvalue weighted by molar-refractivity contribution is 0.0585. The molecule has 28 heavy (non-hydrogen) atoms. The first-order valence-corrected chi connectivity index (χ1v) is 10.0. The SMILES string of the molecule is Cc1[nH]cnc1CN1C[C@@H]2CC[C@H](C1)N(C(=O)c1ccc3ncccc3c1)C2. The van der Waals surface area contributed by atoms with Crippen molar-refractivity contribution >= 4 is 16.8 Å². The Morgan fingerprint density at radius 2 is 2.11 bits per heavy atom. The van der Waals surface area contributed by atoms with Crippen LogP contribution in [0.5, 0.6) is 0 Å². The second-order valence-corrected chi connectivity index (χ2v) is 8.13. The van der Waals surface area contributed by atoms with E-state index in [2.05, 4.69) is 31.7 Å². The van der Waals surface area contributed by atoms with Gasteiger partial charge in [-0.25, -0.2) is 4.98 Å². The number of amides is 1. The van der Waals surface area contributed by atoms with Crippen molar-refractivity contribution in [2.45, 2.75) is 32.4 Å². The Kier molecular flexibility index (Phi) is 4.36. The maximum atomic E-state index is 13.3. The molecule has 3 fully saturated rings. The number of carbonyl (C=O) groups excluding carboxylic acids is 1. The molecule has 0 aliphatic carbocycles. The molecule has 3 aliphatic heterocycles. The highest BCUT2D eigenvalue weighted by Crippen LogP contribution is 2.30. The molecular weight excluding hydrogens is 350 g/mol. The average Bonchev–Trinajstić information content (AvgIpc) is 2.93. The highest BCUT2D eigenvalue weighted by molar-refractivity contribution is 5.98. The van der Waals surface area contributed by atoms with Gasteiger partial charge in [-0.1, -0.05) is 6.07 Å². The molecule has 1 amide bonds. The Balaban J connectivity index is 1.37. The minimum atomic E-state index is 0.151. The number of pyridine rings is 1. The van der Waals surface area contributed by atoms with Crippen LogP contribution in [0.1, 0.15) is 34.6 Å². The van der Waals surface area contributed by atoms with Gasteiger partial charge in [0, 0.05) is 55.1 Å². The van der Waals surface area contributed by atoms with Crippen molar-refractivity contribution in [3.05, 3.63) is 59.8 Å². The van der Waals surface area contributed by atoms with E-state index in [0.717, 1.165) is 60.5 Å². The van der Waals surface area contributed by atoms with Crippen LogP contribution in [0.25, 0.3) is 10.9 Å². The fourth-order valence-corrected chi connectivity index (χ4v) is 4.69. The molecule has 0 radical (unpaired) electrons. The first-order chi connectivity index (χ1) is 13.7. The summed E-state index contributed by atoms with van der Waals surface area (Å²) in [7, 11) is 0. The van der Waals surface area contributed by atoms with E-state index in [-0.39, 0.29) is 11.9 Å². The van der Waals surface area contributed by atoms with Crippen molar-refractivity contribution < 1.29 is 4.79 Å². The van der Waals surface area contributed by atoms with E-state index < -0.39 is 0 Å². The number of piperidine rings is 1. The highest BCUT2D eigenvalue weighted by atomic mass is 16.2. The Hall–Kier alpha value is -2.73. The number of aryl methyl sites for hydroxylation is 1. The summed E-state index contributed by atoms with van der Waals surface area (Å²) in [5.41, 5.74) is 3.94. The molecule has 3 aromatic rings. The average molecular weight is 375 g/mol. The zero-order valence-electron chi connectivity index (χ0n) is 16.1. The maximum absolute atomic E-state index is 13.3. The lowest BCUT2D eigenvalue weighted by Crippen LogP contribution is -2.47. The summed E-state index contributed by atoms with van der Waals surface area (Å²) in [5, 5.41) is 1.02. The smallest absolute Gasteiger partial charge is 0.254 e. The minimum Gasteiger partial charge on any atom is -0.348 e. The number of aromatic nitrogens is 3. The lowest BCUT2D eigenvalue weighted by atomic mass is 9.94. The van der Waals surface area contributed by atoms with Gasteiger partial charge >= 0.3 is 0 Å². The number of H-pyrrole nitrogens is 1. The van der Waals surface area contributed by atoms with Crippen LogP contribution in [0.3, 0.4) is 0 Å². The van der Waals surface area contributed by atoms with E-state index in [1.807, 2.05) is 30.3 Å². The van der Waals surface area contributed by atoms with Gasteiger partial charge in [-0.05, 0) is 49.9 Å². The Morgan fingerprint density at radius 1 is 1.18 bits per heavy atom. The van der Waals surface area contributed by atoms with E-state index in [1.165, 1.54) is 6.42 Å². The van der Waals surface area contributed by atoms with Crippen LogP contribution < -0.4 is 0 Å². The molecule has 3 saturated heterocycles. The summed E-state index contributed by atoms with van der Waals surface area (Å²) in [4.78, 5) is 29.9. The Labute approximate surface area is 164 Å². The van der Waals surface area contributed by atoms with E-state index in [1.54, 1.807) is 12.5 Å². The molecule has 2 aromatic heterocycles. The molecule has 1 aromatic carbocycles. The summed E-state index contributed by atoms with van der Waals surface area (Å²) in [5.74, 6) is 0.683. The second kappa shape index (κ2) is 7.02. The number of nitrogens with zero attached hydrogens (tertiary/aromatic N) is 4. The largest absolute Gasteiger partial charge is 0.348 e. The third-order valence-electron chi connectivity index (χ3n) is 6.21. The highest BCUT2D eigenvalue weighted by Gasteiger charge is 2.37. The molecule has 2 bridgehead atoms. The molecule has 0 unspecified atom stereocenters. The predicted molar refractivity (Wildman–Crippen MR) is 108 cm³/mol. The second-order valence-electron chi connectivity index (χ2n) is 8.13. The van der Waals surface area contributed by atoms with E-state index in [4.69, 9.17) is 0 Å². The normalized spacial score (nSPS) is 22.5. The summed E-state index contributed by atoms with van der Waals surface area (Å²) >= 11 is 0. The molecule has 5 heterocycles. The number of aromatic amines is 1. The molecule has 6 rings (SSSR count). The fraction of sp³-hybridized carbons (Fsp3) is 0.409. The van der Waals surface area contributed by atoms with Crippen LogP contribution in [-0.2, 0) is 6.54 Å². The van der Waals surface area contributed by atoms with Gasteiger partial charge in [-0.3, -0.25) is 14.7 Å². The number of rotatable bonds is 3. The van der Waals surface area contributed by atoms with Crippen molar-refractivity contribution in [2.75, 3.05) is 19.6 Å². The van der Waals surface area contributed by atoms with Gasteiger partial charge in [0.15, 0.2) is 0 Å². The van der Waals surface area contributed by atoms with Gasteiger partial charge in [0.05, 0.1) is 17.5 Å². The van der Waals surface area contributed by atoms with Gasteiger partial charge < -0.3 is 9.88 Å². The van der Waals surface area contributed by atoms with Crippen molar-refractivity contribution in [1.29, 1.82) is 0 Å². The number of imidazole rings is 1. The van der Waals surface area contributed by atoms with Gasteiger partial charge in [0.2, 0.25) is 0 Å². The quantitative estimate of drug-likeness (QED) is 0.764. The zero-order chi connectivity index (χ0) is 19.1. The third kappa shape index (κ3) is 3.18. The van der Waals surface area contributed by atoms with Crippen LogP contribution >= 0.6 is 0 Å².